The van der Waals surface area contributed by atoms with E-state index in [9.17, 15) is 0 Å². The number of aromatic nitrogens is 1. The summed E-state index contributed by atoms with van der Waals surface area (Å²) in [5.41, 5.74) is 7.52. The highest BCUT2D eigenvalue weighted by Crippen LogP contribution is 2.38. The van der Waals surface area contributed by atoms with Crippen LogP contribution in [0.2, 0.25) is 0 Å². The van der Waals surface area contributed by atoms with Gasteiger partial charge in [0.15, 0.2) is 0 Å². The molecule has 4 nitrogen and oxygen atoms in total. The number of methoxy groups -OCH3 is 1. The Morgan fingerprint density at radius 3 is 2.41 bits per heavy atom. The van der Waals surface area contributed by atoms with Crippen LogP contribution in [0.1, 0.15) is 44.7 Å². The fraction of sp³-hybridized carbons (Fsp3) is 0.364. The third kappa shape index (κ3) is 6.14. The van der Waals surface area contributed by atoms with Crippen molar-refractivity contribution in [1.29, 1.82) is 0 Å². The van der Waals surface area contributed by atoms with Gasteiger partial charge in [0, 0.05) is 42.5 Å². The van der Waals surface area contributed by atoms with Crippen molar-refractivity contribution in [3.63, 3.8) is 0 Å². The number of hydrogen-bond acceptors (Lipinski definition) is 4. The van der Waals surface area contributed by atoms with Gasteiger partial charge in [-0.05, 0) is 74.8 Å². The molecule has 0 radical (unpaired) electrons. The first-order valence-electron chi connectivity index (χ1n) is 13.2. The third-order valence-electron chi connectivity index (χ3n) is 7.29. The van der Waals surface area contributed by atoms with E-state index >= 15 is 0 Å². The van der Waals surface area contributed by atoms with E-state index < -0.39 is 0 Å². The predicted octanol–water partition coefficient (Wildman–Crippen LogP) is 7.69. The molecule has 0 spiro atoms. The quantitative estimate of drug-likeness (QED) is 0.299. The normalized spacial score (nSPS) is 20.4. The molecule has 4 rings (SSSR count). The zero-order valence-electron chi connectivity index (χ0n) is 23.1. The van der Waals surface area contributed by atoms with Gasteiger partial charge in [-0.15, -0.1) is 0 Å². The summed E-state index contributed by atoms with van der Waals surface area (Å²) in [6.45, 7) is 10.5. The lowest BCUT2D eigenvalue weighted by Gasteiger charge is -2.32. The molecule has 0 N–H and O–H groups in total. The Kier molecular flexibility index (Phi) is 8.50. The van der Waals surface area contributed by atoms with Gasteiger partial charge in [0.2, 0.25) is 0 Å². The topological polar surface area (TPSA) is 34.6 Å². The van der Waals surface area contributed by atoms with Gasteiger partial charge in [-0.1, -0.05) is 55.1 Å². The van der Waals surface area contributed by atoms with Gasteiger partial charge >= 0.3 is 0 Å². The average Bonchev–Trinajstić information content (AvgIpc) is 2.88. The van der Waals surface area contributed by atoms with Gasteiger partial charge in [-0.2, -0.15) is 0 Å². The summed E-state index contributed by atoms with van der Waals surface area (Å²) in [6, 6.07) is 15.2. The van der Waals surface area contributed by atoms with Crippen LogP contribution in [0.4, 0.5) is 0 Å². The second-order valence-corrected chi connectivity index (χ2v) is 10.4. The Balaban J connectivity index is 1.64. The molecule has 37 heavy (non-hydrogen) atoms. The van der Waals surface area contributed by atoms with Crippen molar-refractivity contribution in [3.8, 4) is 16.9 Å². The molecule has 194 valence electrons. The molecule has 1 aromatic heterocycles. The van der Waals surface area contributed by atoms with Crippen LogP contribution >= 0.6 is 0 Å². The lowest BCUT2D eigenvalue weighted by Crippen LogP contribution is -2.30. The van der Waals surface area contributed by atoms with Crippen LogP contribution in [0, 0.1) is 5.92 Å². The number of ether oxygens (including phenoxy) is 2. The molecule has 2 aromatic carbocycles. The molecule has 0 amide bonds. The van der Waals surface area contributed by atoms with E-state index in [-0.39, 0.29) is 0 Å². The van der Waals surface area contributed by atoms with E-state index in [2.05, 4.69) is 75.0 Å². The second-order valence-electron chi connectivity index (χ2n) is 10.4. The Labute approximate surface area is 222 Å². The highest BCUT2D eigenvalue weighted by molar-refractivity contribution is 5.99. The molecule has 0 saturated carbocycles. The van der Waals surface area contributed by atoms with E-state index in [1.807, 2.05) is 38.2 Å². The van der Waals surface area contributed by atoms with Gasteiger partial charge in [0.1, 0.15) is 5.75 Å². The Bertz CT molecular complexity index is 1290. The van der Waals surface area contributed by atoms with Gasteiger partial charge < -0.3 is 14.4 Å². The number of nitrogens with zero attached hydrogens (tertiary/aromatic N) is 2. The first-order chi connectivity index (χ1) is 17.8. The van der Waals surface area contributed by atoms with Gasteiger partial charge in [0.05, 0.1) is 24.8 Å². The number of hydrogen-bond donors (Lipinski definition) is 0. The Morgan fingerprint density at radius 1 is 1.08 bits per heavy atom. The van der Waals surface area contributed by atoms with Gasteiger partial charge in [-0.3, -0.25) is 4.98 Å². The highest BCUT2D eigenvalue weighted by Gasteiger charge is 2.24. The molecule has 1 saturated heterocycles. The SMILES string of the molecule is C=C(/C=C\C(=C/C)c1cccc2c(OC)c(-c3ccc(CC4C[C@@H](C)O[C@@H](C)C4)cc3)cnc12)N(C)C. The van der Waals surface area contributed by atoms with Gasteiger partial charge in [0.25, 0.3) is 0 Å². The standard InChI is InChI=1S/C33H40N2O2/c1-8-27(15-12-22(2)35(5)6)29-10-9-11-30-32(29)34-21-31(33(30)36-7)28-16-13-25(14-17-28)20-26-18-23(3)37-24(4)19-26/h8-17,21,23-24,26H,2,18-20H2,1,3-7H3/b15-12-,27-8+/t23-,24+,26?. The monoisotopic (exact) mass is 496 g/mol. The first kappa shape index (κ1) is 26.7. The molecule has 1 aliphatic rings. The molecule has 1 fully saturated rings. The van der Waals surface area contributed by atoms with Crippen LogP contribution < -0.4 is 4.74 Å². The molecular weight excluding hydrogens is 456 g/mol. The molecule has 0 aliphatic carbocycles. The summed E-state index contributed by atoms with van der Waals surface area (Å²) >= 11 is 0. The number of benzene rings is 2. The Morgan fingerprint density at radius 2 is 1.78 bits per heavy atom. The molecule has 2 heterocycles. The highest BCUT2D eigenvalue weighted by atomic mass is 16.5. The van der Waals surface area contributed by atoms with Crippen molar-refractivity contribution in [2.24, 2.45) is 5.92 Å². The van der Waals surface area contributed by atoms with Crippen molar-refractivity contribution in [2.45, 2.75) is 52.2 Å². The molecule has 3 aromatic rings. The maximum absolute atomic E-state index is 5.97. The lowest BCUT2D eigenvalue weighted by atomic mass is 9.87. The molecular formula is C33H40N2O2. The number of para-hydroxylation sites is 1. The third-order valence-corrected chi connectivity index (χ3v) is 7.29. The number of likely N-dealkylation sites (N-methyl/N-ethyl adjacent to an activating group) is 1. The number of rotatable bonds is 8. The van der Waals surface area contributed by atoms with E-state index in [1.54, 1.807) is 7.11 Å². The van der Waals surface area contributed by atoms with Crippen molar-refractivity contribution >= 4 is 16.5 Å². The largest absolute Gasteiger partial charge is 0.495 e. The maximum Gasteiger partial charge on any atom is 0.137 e. The van der Waals surface area contributed by atoms with Crippen molar-refractivity contribution in [1.82, 2.24) is 9.88 Å². The molecule has 0 bridgehead atoms. The minimum atomic E-state index is 0.344. The smallest absolute Gasteiger partial charge is 0.137 e. The maximum atomic E-state index is 5.97. The average molecular weight is 497 g/mol. The van der Waals surface area contributed by atoms with E-state index in [4.69, 9.17) is 14.5 Å². The molecule has 1 unspecified atom stereocenters. The van der Waals surface area contributed by atoms with Crippen LogP contribution in [0.5, 0.6) is 5.75 Å². The number of pyridine rings is 1. The summed E-state index contributed by atoms with van der Waals surface area (Å²) in [5, 5.41) is 1.01. The van der Waals surface area contributed by atoms with Crippen LogP contribution in [-0.2, 0) is 11.2 Å². The van der Waals surface area contributed by atoms with Crippen molar-refractivity contribution in [2.75, 3.05) is 21.2 Å². The van der Waals surface area contributed by atoms with Crippen LogP contribution in [0.25, 0.3) is 27.6 Å². The molecule has 3 atom stereocenters. The van der Waals surface area contributed by atoms with Gasteiger partial charge in [-0.25, -0.2) is 0 Å². The van der Waals surface area contributed by atoms with Crippen LogP contribution in [-0.4, -0.2) is 43.3 Å². The summed E-state index contributed by atoms with van der Waals surface area (Å²) in [5.74, 6) is 1.52. The summed E-state index contributed by atoms with van der Waals surface area (Å²) < 4.78 is 11.9. The summed E-state index contributed by atoms with van der Waals surface area (Å²) in [7, 11) is 5.73. The van der Waals surface area contributed by atoms with Crippen molar-refractivity contribution < 1.29 is 9.47 Å². The van der Waals surface area contributed by atoms with Crippen molar-refractivity contribution in [3.05, 3.63) is 90.3 Å². The zero-order chi connectivity index (χ0) is 26.5. The van der Waals surface area contributed by atoms with E-state index in [1.165, 1.54) is 5.56 Å². The lowest BCUT2D eigenvalue weighted by molar-refractivity contribution is -0.0518. The fourth-order valence-corrected chi connectivity index (χ4v) is 5.40. The predicted molar refractivity (Wildman–Crippen MR) is 156 cm³/mol. The van der Waals surface area contributed by atoms with E-state index in [0.29, 0.717) is 18.1 Å². The van der Waals surface area contributed by atoms with Crippen LogP contribution in [0.15, 0.2) is 79.2 Å². The fourth-order valence-electron chi connectivity index (χ4n) is 5.40. The minimum absolute atomic E-state index is 0.344. The Hall–Kier alpha value is -3.37. The molecule has 1 aliphatic heterocycles. The number of fused-ring (bicyclic) bond motifs is 1. The first-order valence-corrected chi connectivity index (χ1v) is 13.2. The second kappa shape index (κ2) is 11.8. The zero-order valence-corrected chi connectivity index (χ0v) is 23.1. The summed E-state index contributed by atoms with van der Waals surface area (Å²) in [4.78, 5) is 6.92. The molecule has 4 heteroatoms. The summed E-state index contributed by atoms with van der Waals surface area (Å²) in [6.07, 6.45) is 12.2. The van der Waals surface area contributed by atoms with E-state index in [0.717, 1.165) is 63.9 Å². The minimum Gasteiger partial charge on any atom is -0.495 e. The van der Waals surface area contributed by atoms with Crippen LogP contribution in [0.3, 0.4) is 0 Å². The number of allylic oxidation sites excluding steroid dienone is 4.